The molecule has 4 atom stereocenters. The predicted molar refractivity (Wildman–Crippen MR) is 59.3 cm³/mol. The molecule has 3 heterocycles. The van der Waals surface area contributed by atoms with Crippen molar-refractivity contribution in [3.63, 3.8) is 0 Å². The maximum absolute atomic E-state index is 12.2. The van der Waals surface area contributed by atoms with Gasteiger partial charge in [-0.15, -0.1) is 0 Å². The van der Waals surface area contributed by atoms with E-state index in [4.69, 9.17) is 4.74 Å². The zero-order valence-corrected chi connectivity index (χ0v) is 10.9. The van der Waals surface area contributed by atoms with Gasteiger partial charge in [-0.3, -0.25) is 9.59 Å². The van der Waals surface area contributed by atoms with Gasteiger partial charge in [0.2, 0.25) is 0 Å². The van der Waals surface area contributed by atoms with Crippen LogP contribution >= 0.6 is 0 Å². The third-order valence-electron chi connectivity index (χ3n) is 3.94. The first-order chi connectivity index (χ1) is 8.35. The van der Waals surface area contributed by atoms with Crippen LogP contribution in [0.25, 0.3) is 0 Å². The van der Waals surface area contributed by atoms with E-state index in [0.29, 0.717) is 4.31 Å². The number of hydrogen-bond acceptors (Lipinski definition) is 5. The van der Waals surface area contributed by atoms with Gasteiger partial charge in [0, 0.05) is 14.1 Å². The molecule has 8 heteroatoms. The molecule has 7 nitrogen and oxygen atoms in total. The minimum absolute atomic E-state index is 0.293. The van der Waals surface area contributed by atoms with Crippen molar-refractivity contribution in [2.24, 2.45) is 11.8 Å². The number of amides is 2. The topological polar surface area (TPSA) is 84.0 Å². The molecule has 18 heavy (non-hydrogen) atoms. The molecule has 0 radical (unpaired) electrons. The molecular formula is C10H14N2O5S. The Morgan fingerprint density at radius 1 is 1.11 bits per heavy atom. The van der Waals surface area contributed by atoms with Crippen molar-refractivity contribution in [3.8, 4) is 0 Å². The number of ether oxygens (including phenoxy) is 1. The van der Waals surface area contributed by atoms with Crippen LogP contribution in [-0.4, -0.2) is 55.1 Å². The van der Waals surface area contributed by atoms with Gasteiger partial charge in [0.05, 0.1) is 24.0 Å². The van der Waals surface area contributed by atoms with Crippen LogP contribution in [0.3, 0.4) is 0 Å². The van der Waals surface area contributed by atoms with E-state index in [0.717, 1.165) is 17.1 Å². The highest BCUT2D eigenvalue weighted by Crippen LogP contribution is 2.49. The number of fused-ring (bicyclic) bond motifs is 5. The largest absolute Gasteiger partial charge is 0.373 e. The number of imide groups is 1. The van der Waals surface area contributed by atoms with Gasteiger partial charge >= 0.3 is 10.2 Å². The lowest BCUT2D eigenvalue weighted by Gasteiger charge is -2.20. The smallest absolute Gasteiger partial charge is 0.312 e. The van der Waals surface area contributed by atoms with E-state index in [-0.39, 0.29) is 12.2 Å². The third kappa shape index (κ3) is 1.28. The average molecular weight is 274 g/mol. The Labute approximate surface area is 105 Å². The number of carbonyl (C=O) groups is 2. The monoisotopic (exact) mass is 274 g/mol. The van der Waals surface area contributed by atoms with Crippen molar-refractivity contribution in [2.75, 3.05) is 14.1 Å². The summed E-state index contributed by atoms with van der Waals surface area (Å²) in [5.41, 5.74) is 0. The van der Waals surface area contributed by atoms with Crippen LogP contribution in [0.5, 0.6) is 0 Å². The maximum Gasteiger partial charge on any atom is 0.312 e. The summed E-state index contributed by atoms with van der Waals surface area (Å²) in [6.07, 6.45) is 0.860. The summed E-state index contributed by atoms with van der Waals surface area (Å²) in [7, 11) is -1.42. The minimum Gasteiger partial charge on any atom is -0.373 e. The maximum atomic E-state index is 12.2. The van der Waals surface area contributed by atoms with Crippen molar-refractivity contribution in [1.29, 1.82) is 0 Å². The Hall–Kier alpha value is -0.990. The van der Waals surface area contributed by atoms with E-state index >= 15 is 0 Å². The molecule has 3 aliphatic heterocycles. The molecule has 3 saturated heterocycles. The Morgan fingerprint density at radius 3 is 1.94 bits per heavy atom. The zero-order valence-electron chi connectivity index (χ0n) is 10.1. The average Bonchev–Trinajstić information content (AvgIpc) is 2.92. The molecular weight excluding hydrogens is 260 g/mol. The van der Waals surface area contributed by atoms with Gasteiger partial charge in [-0.25, -0.2) is 0 Å². The number of carbonyl (C=O) groups excluding carboxylic acids is 2. The molecule has 3 rings (SSSR count). The van der Waals surface area contributed by atoms with Crippen molar-refractivity contribution < 1.29 is 22.7 Å². The summed E-state index contributed by atoms with van der Waals surface area (Å²) in [5, 5.41) is 0. The second-order valence-corrected chi connectivity index (χ2v) is 7.06. The summed E-state index contributed by atoms with van der Waals surface area (Å²) >= 11 is 0. The summed E-state index contributed by atoms with van der Waals surface area (Å²) < 4.78 is 30.8. The molecule has 0 aliphatic carbocycles. The predicted octanol–water partition coefficient (Wildman–Crippen LogP) is -1.04. The van der Waals surface area contributed by atoms with Gasteiger partial charge in [-0.05, 0) is 12.8 Å². The van der Waals surface area contributed by atoms with E-state index < -0.39 is 33.9 Å². The van der Waals surface area contributed by atoms with Crippen LogP contribution < -0.4 is 0 Å². The molecule has 0 aromatic carbocycles. The molecule has 0 saturated carbocycles. The van der Waals surface area contributed by atoms with Crippen molar-refractivity contribution in [3.05, 3.63) is 0 Å². The molecule has 0 N–H and O–H groups in total. The van der Waals surface area contributed by atoms with Crippen molar-refractivity contribution in [2.45, 2.75) is 25.0 Å². The van der Waals surface area contributed by atoms with Gasteiger partial charge in [-0.2, -0.15) is 17.0 Å². The lowest BCUT2D eigenvalue weighted by atomic mass is 9.81. The van der Waals surface area contributed by atoms with E-state index in [9.17, 15) is 18.0 Å². The highest BCUT2D eigenvalue weighted by Gasteiger charge is 2.65. The van der Waals surface area contributed by atoms with E-state index in [1.54, 1.807) is 0 Å². The van der Waals surface area contributed by atoms with Gasteiger partial charge in [-0.1, -0.05) is 0 Å². The van der Waals surface area contributed by atoms with Crippen LogP contribution in [0.2, 0.25) is 0 Å². The molecule has 100 valence electrons. The molecule has 0 aromatic heterocycles. The fourth-order valence-electron chi connectivity index (χ4n) is 3.08. The highest BCUT2D eigenvalue weighted by atomic mass is 32.2. The lowest BCUT2D eigenvalue weighted by molar-refractivity contribution is -0.136. The number of hydrogen-bond donors (Lipinski definition) is 0. The Kier molecular flexibility index (Phi) is 2.36. The van der Waals surface area contributed by atoms with Crippen molar-refractivity contribution in [1.82, 2.24) is 8.61 Å². The lowest BCUT2D eigenvalue weighted by Crippen LogP contribution is -2.45. The van der Waals surface area contributed by atoms with Gasteiger partial charge < -0.3 is 4.74 Å². The Balaban J connectivity index is 2.01. The molecule has 0 aromatic rings. The second-order valence-electron chi connectivity index (χ2n) is 5.07. The number of nitrogens with zero attached hydrogens (tertiary/aromatic N) is 2. The molecule has 3 fully saturated rings. The van der Waals surface area contributed by atoms with Crippen LogP contribution in [0.1, 0.15) is 12.8 Å². The van der Waals surface area contributed by atoms with Crippen molar-refractivity contribution >= 4 is 22.0 Å². The SMILES string of the molecule is CN(C)S(=O)(=O)N1C(=O)C2C3CCC(O3)C2C1=O. The summed E-state index contributed by atoms with van der Waals surface area (Å²) in [5.74, 6) is -2.48. The fraction of sp³-hybridized carbons (Fsp3) is 0.800. The van der Waals surface area contributed by atoms with Crippen LogP contribution in [0.4, 0.5) is 0 Å². The second kappa shape index (κ2) is 3.52. The van der Waals surface area contributed by atoms with Gasteiger partial charge in [0.25, 0.3) is 11.8 Å². The molecule has 3 aliphatic rings. The Bertz CT molecular complexity index is 500. The summed E-state index contributed by atoms with van der Waals surface area (Å²) in [6, 6.07) is 0. The standard InChI is InChI=1S/C10H14N2O5S/c1-11(2)18(15,16)12-9(13)7-5-3-4-6(17-5)8(7)10(12)14/h5-8H,3-4H2,1-2H3. The molecule has 4 unspecified atom stereocenters. The summed E-state index contributed by atoms with van der Waals surface area (Å²) in [4.78, 5) is 24.3. The fourth-order valence-corrected chi connectivity index (χ4v) is 4.10. The van der Waals surface area contributed by atoms with Gasteiger partial charge in [0.1, 0.15) is 0 Å². The first kappa shape index (κ1) is 12.1. The molecule has 0 spiro atoms. The van der Waals surface area contributed by atoms with Crippen LogP contribution in [-0.2, 0) is 24.5 Å². The third-order valence-corrected chi connectivity index (χ3v) is 5.68. The van der Waals surface area contributed by atoms with Gasteiger partial charge in [0.15, 0.2) is 0 Å². The summed E-state index contributed by atoms with van der Waals surface area (Å²) in [6.45, 7) is 0. The number of rotatable bonds is 2. The molecule has 2 bridgehead atoms. The normalized spacial score (nSPS) is 38.9. The molecule has 2 amide bonds. The van der Waals surface area contributed by atoms with E-state index in [1.807, 2.05) is 0 Å². The minimum atomic E-state index is -4.02. The van der Waals surface area contributed by atoms with Crippen LogP contribution in [0.15, 0.2) is 0 Å². The first-order valence-corrected chi connectivity index (χ1v) is 7.21. The Morgan fingerprint density at radius 2 is 1.56 bits per heavy atom. The van der Waals surface area contributed by atoms with Crippen LogP contribution in [0, 0.1) is 11.8 Å². The van der Waals surface area contributed by atoms with E-state index in [2.05, 4.69) is 0 Å². The zero-order chi connectivity index (χ0) is 13.2. The highest BCUT2D eigenvalue weighted by molar-refractivity contribution is 7.87. The quantitative estimate of drug-likeness (QED) is 0.600. The first-order valence-electron chi connectivity index (χ1n) is 5.81. The van der Waals surface area contributed by atoms with E-state index in [1.165, 1.54) is 14.1 Å².